The second-order valence-corrected chi connectivity index (χ2v) is 6.17. The molecule has 3 nitrogen and oxygen atoms in total. The lowest BCUT2D eigenvalue weighted by atomic mass is 9.71. The average Bonchev–Trinajstić information content (AvgIpc) is 2.48. The Morgan fingerprint density at radius 2 is 1.73 bits per heavy atom. The van der Waals surface area contributed by atoms with E-state index in [1.54, 1.807) is 4.90 Å². The molecule has 22 heavy (non-hydrogen) atoms. The van der Waals surface area contributed by atoms with Crippen LogP contribution < -0.4 is 5.32 Å². The van der Waals surface area contributed by atoms with E-state index in [1.165, 1.54) is 6.07 Å². The summed E-state index contributed by atoms with van der Waals surface area (Å²) >= 11 is 0. The van der Waals surface area contributed by atoms with E-state index in [2.05, 4.69) is 5.32 Å². The van der Waals surface area contributed by atoms with Gasteiger partial charge in [0.2, 0.25) is 0 Å². The van der Waals surface area contributed by atoms with E-state index < -0.39 is 11.6 Å². The number of benzene rings is 1. The molecular formula is C16H21ClF2N2O. The second-order valence-electron chi connectivity index (χ2n) is 6.17. The lowest BCUT2D eigenvalue weighted by Crippen LogP contribution is -2.47. The Bertz CT molecular complexity index is 537. The van der Waals surface area contributed by atoms with Gasteiger partial charge in [-0.1, -0.05) is 0 Å². The summed E-state index contributed by atoms with van der Waals surface area (Å²) in [7, 11) is 0. The highest BCUT2D eigenvalue weighted by molar-refractivity contribution is 5.94. The van der Waals surface area contributed by atoms with Crippen LogP contribution in [0.25, 0.3) is 0 Å². The number of carbonyl (C=O) groups excluding carboxylic acids is 1. The number of rotatable bonds is 1. The zero-order valence-corrected chi connectivity index (χ0v) is 13.2. The number of hydrogen-bond acceptors (Lipinski definition) is 2. The van der Waals surface area contributed by atoms with Crippen molar-refractivity contribution in [3.63, 3.8) is 0 Å². The molecule has 0 unspecified atom stereocenters. The van der Waals surface area contributed by atoms with E-state index in [0.29, 0.717) is 18.5 Å². The van der Waals surface area contributed by atoms with Crippen LogP contribution in [0.3, 0.4) is 0 Å². The fourth-order valence-corrected chi connectivity index (χ4v) is 3.47. The highest BCUT2D eigenvalue weighted by atomic mass is 35.5. The molecule has 6 heteroatoms. The Morgan fingerprint density at radius 3 is 2.32 bits per heavy atom. The van der Waals surface area contributed by atoms with E-state index in [0.717, 1.165) is 50.9 Å². The summed E-state index contributed by atoms with van der Waals surface area (Å²) in [5, 5.41) is 3.36. The lowest BCUT2D eigenvalue weighted by Gasteiger charge is -2.44. The minimum atomic E-state index is -0.776. The Balaban J connectivity index is 0.00000176. The van der Waals surface area contributed by atoms with Crippen LogP contribution in [0.15, 0.2) is 18.2 Å². The lowest BCUT2D eigenvalue weighted by molar-refractivity contribution is 0.0492. The van der Waals surface area contributed by atoms with Gasteiger partial charge in [-0.2, -0.15) is 0 Å². The zero-order chi connectivity index (χ0) is 14.9. The summed E-state index contributed by atoms with van der Waals surface area (Å²) in [6, 6.07) is 3.14. The van der Waals surface area contributed by atoms with Crippen molar-refractivity contribution in [2.75, 3.05) is 26.2 Å². The molecule has 1 N–H and O–H groups in total. The SMILES string of the molecule is Cl.O=C(c1ccc(F)cc1F)N1CCC2(CCNCC2)CC1. The van der Waals surface area contributed by atoms with Crippen LogP contribution in [0.1, 0.15) is 36.0 Å². The Labute approximate surface area is 135 Å². The minimum absolute atomic E-state index is 0. The van der Waals surface area contributed by atoms with Crippen molar-refractivity contribution in [3.8, 4) is 0 Å². The van der Waals surface area contributed by atoms with Gasteiger partial charge in [0.15, 0.2) is 0 Å². The molecule has 2 aliphatic rings. The number of halogens is 3. The molecule has 2 aliphatic heterocycles. The van der Waals surface area contributed by atoms with Crippen molar-refractivity contribution in [2.24, 2.45) is 5.41 Å². The van der Waals surface area contributed by atoms with Crippen LogP contribution in [0.5, 0.6) is 0 Å². The monoisotopic (exact) mass is 330 g/mol. The van der Waals surface area contributed by atoms with E-state index >= 15 is 0 Å². The van der Waals surface area contributed by atoms with Gasteiger partial charge < -0.3 is 10.2 Å². The fourth-order valence-electron chi connectivity index (χ4n) is 3.47. The molecule has 2 saturated heterocycles. The van der Waals surface area contributed by atoms with Crippen LogP contribution in [0.2, 0.25) is 0 Å². The summed E-state index contributed by atoms with van der Waals surface area (Å²) in [6.07, 6.45) is 4.26. The first kappa shape index (κ1) is 17.2. The number of hydrogen-bond donors (Lipinski definition) is 1. The molecule has 0 aromatic heterocycles. The van der Waals surface area contributed by atoms with E-state index in [4.69, 9.17) is 0 Å². The molecule has 0 aliphatic carbocycles. The zero-order valence-electron chi connectivity index (χ0n) is 12.4. The Hall–Kier alpha value is -1.20. The molecule has 1 aromatic carbocycles. The Kier molecular flexibility index (Phi) is 5.40. The number of piperidine rings is 2. The molecule has 0 saturated carbocycles. The van der Waals surface area contributed by atoms with Crippen LogP contribution in [0.4, 0.5) is 8.78 Å². The Morgan fingerprint density at radius 1 is 1.09 bits per heavy atom. The summed E-state index contributed by atoms with van der Waals surface area (Å²) in [5.74, 6) is -1.75. The second kappa shape index (κ2) is 6.92. The largest absolute Gasteiger partial charge is 0.339 e. The van der Waals surface area contributed by atoms with Gasteiger partial charge in [0, 0.05) is 19.2 Å². The van der Waals surface area contributed by atoms with E-state index in [9.17, 15) is 13.6 Å². The van der Waals surface area contributed by atoms with Crippen molar-refractivity contribution in [1.29, 1.82) is 0 Å². The summed E-state index contributed by atoms with van der Waals surface area (Å²) in [6.45, 7) is 3.41. The third-order valence-corrected chi connectivity index (χ3v) is 4.94. The molecule has 0 atom stereocenters. The van der Waals surface area contributed by atoms with Gasteiger partial charge in [0.25, 0.3) is 5.91 Å². The first-order valence-electron chi connectivity index (χ1n) is 7.55. The van der Waals surface area contributed by atoms with Crippen molar-refractivity contribution in [2.45, 2.75) is 25.7 Å². The van der Waals surface area contributed by atoms with Gasteiger partial charge in [-0.05, 0) is 56.3 Å². The number of likely N-dealkylation sites (tertiary alicyclic amines) is 1. The van der Waals surface area contributed by atoms with Crippen molar-refractivity contribution >= 4 is 18.3 Å². The number of nitrogens with one attached hydrogen (secondary N) is 1. The number of amides is 1. The predicted octanol–water partition coefficient (Wildman–Crippen LogP) is 2.99. The quantitative estimate of drug-likeness (QED) is 0.858. The maximum absolute atomic E-state index is 13.7. The minimum Gasteiger partial charge on any atom is -0.339 e. The molecule has 2 fully saturated rings. The van der Waals surface area contributed by atoms with Crippen molar-refractivity contribution in [3.05, 3.63) is 35.4 Å². The highest BCUT2D eigenvalue weighted by Gasteiger charge is 2.37. The first-order valence-corrected chi connectivity index (χ1v) is 7.55. The number of nitrogens with zero attached hydrogens (tertiary/aromatic N) is 1. The molecular weight excluding hydrogens is 310 g/mol. The van der Waals surface area contributed by atoms with Crippen LogP contribution >= 0.6 is 12.4 Å². The molecule has 3 rings (SSSR count). The molecule has 0 radical (unpaired) electrons. The summed E-state index contributed by atoms with van der Waals surface area (Å²) < 4.78 is 26.6. The predicted molar refractivity (Wildman–Crippen MR) is 83.3 cm³/mol. The molecule has 1 spiro atoms. The van der Waals surface area contributed by atoms with E-state index in [1.807, 2.05) is 0 Å². The van der Waals surface area contributed by atoms with Crippen LogP contribution in [-0.4, -0.2) is 37.0 Å². The molecule has 1 aromatic rings. The maximum atomic E-state index is 13.7. The highest BCUT2D eigenvalue weighted by Crippen LogP contribution is 2.39. The van der Waals surface area contributed by atoms with Gasteiger partial charge in [0.1, 0.15) is 11.6 Å². The molecule has 2 heterocycles. The topological polar surface area (TPSA) is 32.3 Å². The third kappa shape index (κ3) is 3.41. The van der Waals surface area contributed by atoms with E-state index in [-0.39, 0.29) is 23.9 Å². The van der Waals surface area contributed by atoms with Gasteiger partial charge >= 0.3 is 0 Å². The van der Waals surface area contributed by atoms with Gasteiger partial charge in [-0.3, -0.25) is 4.79 Å². The average molecular weight is 331 g/mol. The third-order valence-electron chi connectivity index (χ3n) is 4.94. The number of carbonyl (C=O) groups is 1. The smallest absolute Gasteiger partial charge is 0.256 e. The fraction of sp³-hybridized carbons (Fsp3) is 0.562. The van der Waals surface area contributed by atoms with Crippen LogP contribution in [0, 0.1) is 17.0 Å². The van der Waals surface area contributed by atoms with Crippen molar-refractivity contribution < 1.29 is 13.6 Å². The molecule has 0 bridgehead atoms. The van der Waals surface area contributed by atoms with Gasteiger partial charge in [0.05, 0.1) is 5.56 Å². The summed E-state index contributed by atoms with van der Waals surface area (Å²) in [5.41, 5.74) is 0.321. The maximum Gasteiger partial charge on any atom is 0.256 e. The molecule has 1 amide bonds. The first-order chi connectivity index (χ1) is 10.1. The summed E-state index contributed by atoms with van der Waals surface area (Å²) in [4.78, 5) is 14.1. The van der Waals surface area contributed by atoms with Gasteiger partial charge in [-0.15, -0.1) is 12.4 Å². The normalized spacial score (nSPS) is 20.5. The molecule has 122 valence electrons. The van der Waals surface area contributed by atoms with Crippen LogP contribution in [-0.2, 0) is 0 Å². The standard InChI is InChI=1S/C16H20F2N2O.ClH/c17-12-1-2-13(14(18)11-12)15(21)20-9-5-16(6-10-20)3-7-19-8-4-16;/h1-2,11,19H,3-10H2;1H. The van der Waals surface area contributed by atoms with Gasteiger partial charge in [-0.25, -0.2) is 8.78 Å². The van der Waals surface area contributed by atoms with Crippen molar-refractivity contribution in [1.82, 2.24) is 10.2 Å².